The monoisotopic (exact) mass is 292 g/mol. The molecule has 1 fully saturated rings. The maximum atomic E-state index is 10.9. The van der Waals surface area contributed by atoms with Crippen LogP contribution in [0.25, 0.3) is 10.9 Å². The van der Waals surface area contributed by atoms with Gasteiger partial charge in [0.25, 0.3) is 0 Å². The first-order chi connectivity index (χ1) is 9.65. The molecule has 2 aromatic rings. The molecule has 6 nitrogen and oxygen atoms in total. The largest absolute Gasteiger partial charge is 0.465 e. The van der Waals surface area contributed by atoms with Crippen molar-refractivity contribution < 1.29 is 9.90 Å². The summed E-state index contributed by atoms with van der Waals surface area (Å²) in [4.78, 5) is 22.8. The number of amides is 1. The van der Waals surface area contributed by atoms with E-state index in [0.29, 0.717) is 36.8 Å². The van der Waals surface area contributed by atoms with Crippen molar-refractivity contribution in [3.05, 3.63) is 29.7 Å². The summed E-state index contributed by atoms with van der Waals surface area (Å²) < 4.78 is 0. The Balaban J connectivity index is 1.83. The topological polar surface area (TPSA) is 69.6 Å². The fourth-order valence-electron chi connectivity index (χ4n) is 2.34. The van der Waals surface area contributed by atoms with Crippen LogP contribution in [0.1, 0.15) is 0 Å². The number of piperazine rings is 1. The van der Waals surface area contributed by atoms with Gasteiger partial charge in [-0.1, -0.05) is 11.6 Å². The van der Waals surface area contributed by atoms with Crippen LogP contribution in [0.2, 0.25) is 5.15 Å². The Labute approximate surface area is 120 Å². The van der Waals surface area contributed by atoms with E-state index in [1.807, 2.05) is 12.1 Å². The van der Waals surface area contributed by atoms with Crippen molar-refractivity contribution in [2.24, 2.45) is 0 Å². The number of hydrogen-bond acceptors (Lipinski definition) is 4. The molecular weight excluding hydrogens is 280 g/mol. The SMILES string of the molecule is O=C(O)N1CCN(c2cnc3c(Cl)nccc3c2)CC1. The molecule has 1 aliphatic heterocycles. The minimum Gasteiger partial charge on any atom is -0.465 e. The zero-order valence-electron chi connectivity index (χ0n) is 10.7. The second-order valence-electron chi connectivity index (χ2n) is 4.62. The van der Waals surface area contributed by atoms with Gasteiger partial charge in [-0.2, -0.15) is 0 Å². The average Bonchev–Trinajstić information content (AvgIpc) is 2.47. The number of anilines is 1. The number of aromatic nitrogens is 2. The van der Waals surface area contributed by atoms with Crippen LogP contribution >= 0.6 is 11.6 Å². The van der Waals surface area contributed by atoms with E-state index in [9.17, 15) is 4.79 Å². The molecule has 7 heteroatoms. The van der Waals surface area contributed by atoms with Crippen LogP contribution < -0.4 is 4.90 Å². The number of pyridine rings is 2. The van der Waals surface area contributed by atoms with Crippen LogP contribution in [0.3, 0.4) is 0 Å². The second kappa shape index (κ2) is 5.13. The molecule has 104 valence electrons. The molecule has 1 amide bonds. The van der Waals surface area contributed by atoms with Crippen molar-refractivity contribution in [1.29, 1.82) is 0 Å². The van der Waals surface area contributed by atoms with Crippen molar-refractivity contribution >= 4 is 34.3 Å². The van der Waals surface area contributed by atoms with Gasteiger partial charge in [0.1, 0.15) is 5.52 Å². The summed E-state index contributed by atoms with van der Waals surface area (Å²) in [6.45, 7) is 2.34. The van der Waals surface area contributed by atoms with Gasteiger partial charge < -0.3 is 14.9 Å². The van der Waals surface area contributed by atoms with E-state index in [4.69, 9.17) is 16.7 Å². The molecule has 0 radical (unpaired) electrons. The van der Waals surface area contributed by atoms with Gasteiger partial charge in [0.05, 0.1) is 11.9 Å². The number of hydrogen-bond donors (Lipinski definition) is 1. The molecule has 0 spiro atoms. The maximum absolute atomic E-state index is 10.9. The summed E-state index contributed by atoms with van der Waals surface area (Å²) >= 11 is 5.99. The van der Waals surface area contributed by atoms with Gasteiger partial charge in [0.2, 0.25) is 0 Å². The Morgan fingerprint density at radius 3 is 2.70 bits per heavy atom. The Kier molecular flexibility index (Phi) is 3.31. The molecule has 0 unspecified atom stereocenters. The van der Waals surface area contributed by atoms with Crippen molar-refractivity contribution in [1.82, 2.24) is 14.9 Å². The van der Waals surface area contributed by atoms with Gasteiger partial charge in [-0.3, -0.25) is 4.98 Å². The molecule has 0 saturated carbocycles. The highest BCUT2D eigenvalue weighted by Gasteiger charge is 2.20. The molecule has 3 rings (SSSR count). The number of fused-ring (bicyclic) bond motifs is 1. The lowest BCUT2D eigenvalue weighted by molar-refractivity contribution is 0.142. The van der Waals surface area contributed by atoms with Crippen molar-refractivity contribution in [3.63, 3.8) is 0 Å². The first kappa shape index (κ1) is 12.9. The highest BCUT2D eigenvalue weighted by atomic mass is 35.5. The van der Waals surface area contributed by atoms with Crippen molar-refractivity contribution in [2.75, 3.05) is 31.1 Å². The predicted octanol–water partition coefficient (Wildman–Crippen LogP) is 2.08. The number of halogens is 1. The van der Waals surface area contributed by atoms with Crippen LogP contribution in [0.15, 0.2) is 24.5 Å². The third-order valence-corrected chi connectivity index (χ3v) is 3.73. The van der Waals surface area contributed by atoms with Crippen molar-refractivity contribution in [2.45, 2.75) is 0 Å². The van der Waals surface area contributed by atoms with Crippen LogP contribution in [0, 0.1) is 0 Å². The molecule has 1 N–H and O–H groups in total. The van der Waals surface area contributed by atoms with E-state index < -0.39 is 6.09 Å². The third-order valence-electron chi connectivity index (χ3n) is 3.46. The summed E-state index contributed by atoms with van der Waals surface area (Å²) in [6.07, 6.45) is 2.55. The summed E-state index contributed by atoms with van der Waals surface area (Å²) in [5, 5.41) is 10.3. The van der Waals surface area contributed by atoms with E-state index >= 15 is 0 Å². The van der Waals surface area contributed by atoms with E-state index in [1.165, 1.54) is 4.90 Å². The van der Waals surface area contributed by atoms with Crippen LogP contribution in [0.4, 0.5) is 10.5 Å². The van der Waals surface area contributed by atoms with Gasteiger partial charge in [-0.15, -0.1) is 0 Å². The lowest BCUT2D eigenvalue weighted by atomic mass is 10.2. The molecule has 3 heterocycles. The maximum Gasteiger partial charge on any atom is 0.407 e. The standard InChI is InChI=1S/C13H13ClN4O2/c14-12-11-9(1-2-15-12)7-10(8-16-11)17-3-5-18(6-4-17)13(19)20/h1-2,7-8H,3-6H2,(H,19,20). The average molecular weight is 293 g/mol. The number of nitrogens with zero attached hydrogens (tertiary/aromatic N) is 4. The van der Waals surface area contributed by atoms with Gasteiger partial charge in [0, 0.05) is 37.8 Å². The Morgan fingerprint density at radius 2 is 2.00 bits per heavy atom. The van der Waals surface area contributed by atoms with E-state index in [-0.39, 0.29) is 0 Å². The molecule has 1 saturated heterocycles. The molecular formula is C13H13ClN4O2. The van der Waals surface area contributed by atoms with Crippen LogP contribution in [-0.4, -0.2) is 52.2 Å². The summed E-state index contributed by atoms with van der Waals surface area (Å²) in [7, 11) is 0. The highest BCUT2D eigenvalue weighted by Crippen LogP contribution is 2.24. The Morgan fingerprint density at radius 1 is 1.25 bits per heavy atom. The van der Waals surface area contributed by atoms with E-state index in [1.54, 1.807) is 12.4 Å². The molecule has 20 heavy (non-hydrogen) atoms. The number of carbonyl (C=O) groups is 1. The van der Waals surface area contributed by atoms with Crippen LogP contribution in [0.5, 0.6) is 0 Å². The molecule has 0 aliphatic carbocycles. The minimum absolute atomic E-state index is 0.393. The van der Waals surface area contributed by atoms with Gasteiger partial charge >= 0.3 is 6.09 Å². The lowest BCUT2D eigenvalue weighted by Gasteiger charge is -2.34. The normalized spacial score (nSPS) is 15.7. The molecule has 0 atom stereocenters. The zero-order chi connectivity index (χ0) is 14.1. The molecule has 2 aromatic heterocycles. The summed E-state index contributed by atoms with van der Waals surface area (Å²) in [5.41, 5.74) is 1.66. The van der Waals surface area contributed by atoms with Gasteiger partial charge in [-0.25, -0.2) is 9.78 Å². The van der Waals surface area contributed by atoms with Gasteiger partial charge in [0.15, 0.2) is 5.15 Å². The summed E-state index contributed by atoms with van der Waals surface area (Å²) in [6, 6.07) is 3.87. The quantitative estimate of drug-likeness (QED) is 0.815. The Bertz CT molecular complexity index is 656. The fourth-order valence-corrected chi connectivity index (χ4v) is 2.56. The van der Waals surface area contributed by atoms with E-state index in [2.05, 4.69) is 14.9 Å². The van der Waals surface area contributed by atoms with Gasteiger partial charge in [-0.05, 0) is 12.1 Å². The first-order valence-electron chi connectivity index (χ1n) is 6.28. The molecule has 0 bridgehead atoms. The molecule has 0 aromatic carbocycles. The first-order valence-corrected chi connectivity index (χ1v) is 6.66. The fraction of sp³-hybridized carbons (Fsp3) is 0.308. The lowest BCUT2D eigenvalue weighted by Crippen LogP contribution is -2.48. The summed E-state index contributed by atoms with van der Waals surface area (Å²) in [5.74, 6) is 0. The second-order valence-corrected chi connectivity index (χ2v) is 4.98. The smallest absolute Gasteiger partial charge is 0.407 e. The Hall–Kier alpha value is -2.08. The van der Waals surface area contributed by atoms with Crippen molar-refractivity contribution in [3.8, 4) is 0 Å². The highest BCUT2D eigenvalue weighted by molar-refractivity contribution is 6.33. The third kappa shape index (κ3) is 2.34. The molecule has 1 aliphatic rings. The number of carboxylic acid groups (broad SMARTS) is 1. The van der Waals surface area contributed by atoms with E-state index in [0.717, 1.165) is 11.1 Å². The minimum atomic E-state index is -0.862. The zero-order valence-corrected chi connectivity index (χ0v) is 11.4. The predicted molar refractivity (Wildman–Crippen MR) is 76.4 cm³/mol. The van der Waals surface area contributed by atoms with Crippen LogP contribution in [-0.2, 0) is 0 Å². The number of rotatable bonds is 1.